The zero-order valence-electron chi connectivity index (χ0n) is 12.0. The average Bonchev–Trinajstić information content (AvgIpc) is 2.96. The summed E-state index contributed by atoms with van der Waals surface area (Å²) in [4.78, 5) is 26.2. The maximum Gasteiger partial charge on any atom is 0.227 e. The molecule has 1 fully saturated rings. The monoisotopic (exact) mass is 357 g/mol. The van der Waals surface area contributed by atoms with Crippen LogP contribution in [0.15, 0.2) is 54.6 Å². The van der Waals surface area contributed by atoms with E-state index in [0.717, 1.165) is 17.6 Å². The summed E-state index contributed by atoms with van der Waals surface area (Å²) < 4.78 is 0. The van der Waals surface area contributed by atoms with Crippen molar-refractivity contribution in [3.63, 3.8) is 0 Å². The van der Waals surface area contributed by atoms with E-state index in [1.54, 1.807) is 29.2 Å². The predicted molar refractivity (Wildman–Crippen MR) is 90.6 cm³/mol. The summed E-state index contributed by atoms with van der Waals surface area (Å²) in [5, 5.41) is 0.833. The van der Waals surface area contributed by atoms with Gasteiger partial charge in [0.2, 0.25) is 5.91 Å². The van der Waals surface area contributed by atoms with Crippen molar-refractivity contribution < 1.29 is 9.59 Å². The van der Waals surface area contributed by atoms with E-state index in [1.165, 1.54) is 0 Å². The topological polar surface area (TPSA) is 37.4 Å². The highest BCUT2D eigenvalue weighted by Gasteiger charge is 2.29. The van der Waals surface area contributed by atoms with E-state index in [-0.39, 0.29) is 11.7 Å². The minimum Gasteiger partial charge on any atom is -0.312 e. The number of hydrogen-bond acceptors (Lipinski definition) is 2. The fraction of sp³-hybridized carbons (Fsp3) is 0.222. The van der Waals surface area contributed by atoms with Crippen molar-refractivity contribution in [1.82, 2.24) is 0 Å². The first-order valence-corrected chi connectivity index (χ1v) is 8.37. The SMILES string of the molecule is O=C(c1ccccc1)c1ccc(N2CC(CBr)CC2=O)cc1. The van der Waals surface area contributed by atoms with Crippen LogP contribution >= 0.6 is 15.9 Å². The van der Waals surface area contributed by atoms with Gasteiger partial charge in [0.05, 0.1) is 0 Å². The molecule has 0 aromatic heterocycles. The molecule has 0 spiro atoms. The number of rotatable bonds is 4. The number of nitrogens with zero attached hydrogens (tertiary/aromatic N) is 1. The van der Waals surface area contributed by atoms with Crippen LogP contribution in [0.3, 0.4) is 0 Å². The smallest absolute Gasteiger partial charge is 0.227 e. The van der Waals surface area contributed by atoms with Crippen LogP contribution in [0, 0.1) is 5.92 Å². The Bertz CT molecular complexity index is 682. The Morgan fingerprint density at radius 2 is 1.68 bits per heavy atom. The lowest BCUT2D eigenvalue weighted by molar-refractivity contribution is -0.117. The van der Waals surface area contributed by atoms with E-state index in [2.05, 4.69) is 15.9 Å². The Kier molecular flexibility index (Phi) is 4.39. The number of alkyl halides is 1. The van der Waals surface area contributed by atoms with Crippen molar-refractivity contribution in [3.05, 3.63) is 65.7 Å². The Balaban J connectivity index is 1.79. The Hall–Kier alpha value is -1.94. The average molecular weight is 358 g/mol. The van der Waals surface area contributed by atoms with Crippen LogP contribution in [-0.4, -0.2) is 23.6 Å². The molecule has 112 valence electrons. The summed E-state index contributed by atoms with van der Waals surface area (Å²) in [6.45, 7) is 0.732. The van der Waals surface area contributed by atoms with Gasteiger partial charge in [0.25, 0.3) is 0 Å². The van der Waals surface area contributed by atoms with Crippen LogP contribution in [0.5, 0.6) is 0 Å². The van der Waals surface area contributed by atoms with E-state index in [4.69, 9.17) is 0 Å². The van der Waals surface area contributed by atoms with E-state index in [0.29, 0.717) is 23.5 Å². The molecule has 1 amide bonds. The third-order valence-corrected chi connectivity index (χ3v) is 4.82. The fourth-order valence-corrected chi connectivity index (χ4v) is 3.12. The van der Waals surface area contributed by atoms with Crippen LogP contribution in [0.25, 0.3) is 0 Å². The molecule has 1 unspecified atom stereocenters. The highest BCUT2D eigenvalue weighted by Crippen LogP contribution is 2.26. The molecule has 3 rings (SSSR count). The highest BCUT2D eigenvalue weighted by atomic mass is 79.9. The van der Waals surface area contributed by atoms with E-state index in [1.807, 2.05) is 30.3 Å². The molecule has 0 saturated carbocycles. The van der Waals surface area contributed by atoms with Crippen molar-refractivity contribution in [2.45, 2.75) is 6.42 Å². The van der Waals surface area contributed by atoms with E-state index in [9.17, 15) is 9.59 Å². The standard InChI is InChI=1S/C18H16BrNO2/c19-11-13-10-17(21)20(12-13)16-8-6-15(7-9-16)18(22)14-4-2-1-3-5-14/h1-9,13H,10-12H2. The number of carbonyl (C=O) groups excluding carboxylic acids is 2. The summed E-state index contributed by atoms with van der Waals surface area (Å²) >= 11 is 3.44. The second-order valence-electron chi connectivity index (χ2n) is 5.47. The summed E-state index contributed by atoms with van der Waals surface area (Å²) in [6, 6.07) is 16.5. The van der Waals surface area contributed by atoms with Gasteiger partial charge in [0, 0.05) is 35.1 Å². The first-order valence-electron chi connectivity index (χ1n) is 7.25. The van der Waals surface area contributed by atoms with Gasteiger partial charge in [-0.2, -0.15) is 0 Å². The number of anilines is 1. The van der Waals surface area contributed by atoms with Crippen LogP contribution in [-0.2, 0) is 4.79 Å². The molecule has 0 N–H and O–H groups in total. The third kappa shape index (κ3) is 2.97. The molecule has 1 aliphatic heterocycles. The van der Waals surface area contributed by atoms with Crippen LogP contribution in [0.2, 0.25) is 0 Å². The first-order chi connectivity index (χ1) is 10.7. The van der Waals surface area contributed by atoms with Crippen LogP contribution in [0.4, 0.5) is 5.69 Å². The van der Waals surface area contributed by atoms with Crippen molar-refractivity contribution in [2.24, 2.45) is 5.92 Å². The Morgan fingerprint density at radius 1 is 1.05 bits per heavy atom. The molecule has 1 heterocycles. The molecule has 0 bridgehead atoms. The lowest BCUT2D eigenvalue weighted by Gasteiger charge is -2.16. The van der Waals surface area contributed by atoms with E-state index >= 15 is 0 Å². The van der Waals surface area contributed by atoms with Gasteiger partial charge in [-0.15, -0.1) is 0 Å². The Labute approximate surface area is 138 Å². The van der Waals surface area contributed by atoms with Gasteiger partial charge < -0.3 is 4.90 Å². The maximum absolute atomic E-state index is 12.4. The highest BCUT2D eigenvalue weighted by molar-refractivity contribution is 9.09. The second kappa shape index (κ2) is 6.44. The lowest BCUT2D eigenvalue weighted by atomic mass is 10.0. The van der Waals surface area contributed by atoms with Gasteiger partial charge in [-0.3, -0.25) is 9.59 Å². The van der Waals surface area contributed by atoms with Gasteiger partial charge >= 0.3 is 0 Å². The van der Waals surface area contributed by atoms with Gasteiger partial charge in [0.15, 0.2) is 5.78 Å². The first kappa shape index (κ1) is 15.0. The summed E-state index contributed by atoms with van der Waals surface area (Å²) in [7, 11) is 0. The minimum atomic E-state index is -0.00164. The van der Waals surface area contributed by atoms with Gasteiger partial charge in [-0.05, 0) is 30.2 Å². The molecule has 3 nitrogen and oxygen atoms in total. The van der Waals surface area contributed by atoms with Gasteiger partial charge in [0.1, 0.15) is 0 Å². The number of benzene rings is 2. The molecule has 1 aliphatic rings. The zero-order valence-corrected chi connectivity index (χ0v) is 13.6. The normalized spacial score (nSPS) is 17.8. The molecular formula is C18H16BrNO2. The lowest BCUT2D eigenvalue weighted by Crippen LogP contribution is -2.24. The summed E-state index contributed by atoms with van der Waals surface area (Å²) in [6.07, 6.45) is 0.579. The Morgan fingerprint density at radius 3 is 2.27 bits per heavy atom. The predicted octanol–water partition coefficient (Wildman–Crippen LogP) is 3.67. The number of halogens is 1. The van der Waals surface area contributed by atoms with Crippen molar-refractivity contribution in [3.8, 4) is 0 Å². The van der Waals surface area contributed by atoms with Crippen molar-refractivity contribution in [1.29, 1.82) is 0 Å². The molecule has 1 atom stereocenters. The molecule has 2 aromatic rings. The maximum atomic E-state index is 12.4. The van der Waals surface area contributed by atoms with Gasteiger partial charge in [-0.25, -0.2) is 0 Å². The molecule has 4 heteroatoms. The largest absolute Gasteiger partial charge is 0.312 e. The van der Waals surface area contributed by atoms with Crippen molar-refractivity contribution in [2.75, 3.05) is 16.8 Å². The fourth-order valence-electron chi connectivity index (χ4n) is 2.68. The van der Waals surface area contributed by atoms with E-state index < -0.39 is 0 Å². The molecular weight excluding hydrogens is 342 g/mol. The number of ketones is 1. The number of carbonyl (C=O) groups is 2. The summed E-state index contributed by atoms with van der Waals surface area (Å²) in [5.41, 5.74) is 2.17. The second-order valence-corrected chi connectivity index (χ2v) is 6.12. The molecule has 0 radical (unpaired) electrons. The zero-order chi connectivity index (χ0) is 15.5. The molecule has 22 heavy (non-hydrogen) atoms. The van der Waals surface area contributed by atoms with Gasteiger partial charge in [-0.1, -0.05) is 46.3 Å². The molecule has 2 aromatic carbocycles. The van der Waals surface area contributed by atoms with Crippen molar-refractivity contribution >= 4 is 33.3 Å². The quantitative estimate of drug-likeness (QED) is 0.618. The minimum absolute atomic E-state index is 0.00164. The van der Waals surface area contributed by atoms with Crippen LogP contribution in [0.1, 0.15) is 22.3 Å². The molecule has 1 saturated heterocycles. The molecule has 0 aliphatic carbocycles. The number of amides is 1. The third-order valence-electron chi connectivity index (χ3n) is 3.90. The van der Waals surface area contributed by atoms with Crippen LogP contribution < -0.4 is 4.90 Å². The number of hydrogen-bond donors (Lipinski definition) is 0. The summed E-state index contributed by atoms with van der Waals surface area (Å²) in [5.74, 6) is 0.503.